The van der Waals surface area contributed by atoms with Crippen molar-refractivity contribution in [2.24, 2.45) is 0 Å². The van der Waals surface area contributed by atoms with Crippen LogP contribution in [0.1, 0.15) is 0 Å². The van der Waals surface area contributed by atoms with E-state index >= 15 is 0 Å². The van der Waals surface area contributed by atoms with Crippen molar-refractivity contribution < 1.29 is 10.0 Å². The lowest BCUT2D eigenvalue weighted by atomic mass is 9.88. The molecular formula is C5H15BO2Si. The van der Waals surface area contributed by atoms with Crippen molar-refractivity contribution >= 4 is 15.2 Å². The van der Waals surface area contributed by atoms with Crippen molar-refractivity contribution in [3.05, 3.63) is 0 Å². The third-order valence-electron chi connectivity index (χ3n) is 1.15. The van der Waals surface area contributed by atoms with Crippen LogP contribution in [0, 0.1) is 0 Å². The highest BCUT2D eigenvalue weighted by atomic mass is 28.3. The maximum Gasteiger partial charge on any atom is 0.451 e. The second-order valence-electron chi connectivity index (χ2n) is 3.58. The average Bonchev–Trinajstić information content (AvgIpc) is 1.59. The van der Waals surface area contributed by atoms with Crippen molar-refractivity contribution in [3.8, 4) is 0 Å². The van der Waals surface area contributed by atoms with Crippen LogP contribution in [-0.2, 0) is 0 Å². The molecule has 0 radical (unpaired) electrons. The summed E-state index contributed by atoms with van der Waals surface area (Å²) in [4.78, 5) is 0. The van der Waals surface area contributed by atoms with Crippen LogP contribution in [0.5, 0.6) is 0 Å². The Morgan fingerprint density at radius 1 is 1.22 bits per heavy atom. The molecule has 0 saturated heterocycles. The zero-order valence-electron chi connectivity index (χ0n) is 6.39. The molecule has 0 aliphatic rings. The van der Waals surface area contributed by atoms with Crippen LogP contribution in [0.4, 0.5) is 0 Å². The Morgan fingerprint density at radius 2 is 1.67 bits per heavy atom. The second-order valence-corrected chi connectivity index (χ2v) is 9.20. The molecule has 0 rings (SSSR count). The van der Waals surface area contributed by atoms with Crippen LogP contribution in [0.2, 0.25) is 32.0 Å². The van der Waals surface area contributed by atoms with Gasteiger partial charge in [-0.1, -0.05) is 25.7 Å². The lowest BCUT2D eigenvalue weighted by Gasteiger charge is -2.14. The van der Waals surface area contributed by atoms with E-state index in [9.17, 15) is 0 Å². The average molecular weight is 146 g/mol. The topological polar surface area (TPSA) is 40.5 Å². The van der Waals surface area contributed by atoms with Crippen LogP contribution in [0.15, 0.2) is 0 Å². The fourth-order valence-corrected chi connectivity index (χ4v) is 1.69. The molecule has 0 aromatic heterocycles. The Balaban J connectivity index is 3.28. The highest BCUT2D eigenvalue weighted by Gasteiger charge is 2.16. The number of hydrogen-bond acceptors (Lipinski definition) is 2. The molecule has 0 spiro atoms. The van der Waals surface area contributed by atoms with Crippen molar-refractivity contribution in [3.63, 3.8) is 0 Å². The SMILES string of the molecule is C[Si](C)(C)CCB(O)O. The first-order valence-corrected chi connectivity index (χ1v) is 6.99. The number of rotatable bonds is 3. The molecule has 0 saturated carbocycles. The summed E-state index contributed by atoms with van der Waals surface area (Å²) in [6.07, 6.45) is 0.537. The summed E-state index contributed by atoms with van der Waals surface area (Å²) in [7, 11) is -2.14. The largest absolute Gasteiger partial charge is 0.451 e. The molecule has 2 nitrogen and oxygen atoms in total. The molecule has 0 aliphatic carbocycles. The molecule has 0 atom stereocenters. The van der Waals surface area contributed by atoms with E-state index < -0.39 is 15.2 Å². The minimum atomic E-state index is -1.10. The Labute approximate surface area is 58.1 Å². The first kappa shape index (κ1) is 9.20. The van der Waals surface area contributed by atoms with Gasteiger partial charge in [-0.3, -0.25) is 0 Å². The van der Waals surface area contributed by atoms with Crippen LogP contribution >= 0.6 is 0 Å². The van der Waals surface area contributed by atoms with Gasteiger partial charge in [0, 0.05) is 8.07 Å². The van der Waals surface area contributed by atoms with Gasteiger partial charge in [-0.15, -0.1) is 0 Å². The highest BCUT2D eigenvalue weighted by Crippen LogP contribution is 2.11. The van der Waals surface area contributed by atoms with Gasteiger partial charge in [0.15, 0.2) is 0 Å². The first-order valence-electron chi connectivity index (χ1n) is 3.28. The lowest BCUT2D eigenvalue weighted by Crippen LogP contribution is -2.23. The van der Waals surface area contributed by atoms with E-state index in [4.69, 9.17) is 10.0 Å². The molecule has 2 N–H and O–H groups in total. The fraction of sp³-hybridized carbons (Fsp3) is 1.00. The molecule has 9 heavy (non-hydrogen) atoms. The summed E-state index contributed by atoms with van der Waals surface area (Å²) in [5.74, 6) is 0. The highest BCUT2D eigenvalue weighted by molar-refractivity contribution is 6.76. The molecule has 0 aromatic carbocycles. The summed E-state index contributed by atoms with van der Waals surface area (Å²) >= 11 is 0. The zero-order valence-corrected chi connectivity index (χ0v) is 7.39. The number of hydrogen-bond donors (Lipinski definition) is 2. The summed E-state index contributed by atoms with van der Waals surface area (Å²) in [6, 6.07) is 0.991. The van der Waals surface area contributed by atoms with E-state index in [1.54, 1.807) is 0 Å². The predicted octanol–water partition coefficient (Wildman–Crippen LogP) is 0.797. The lowest BCUT2D eigenvalue weighted by molar-refractivity contribution is 0.407. The van der Waals surface area contributed by atoms with Gasteiger partial charge in [0.05, 0.1) is 0 Å². The van der Waals surface area contributed by atoms with Gasteiger partial charge < -0.3 is 10.0 Å². The van der Waals surface area contributed by atoms with Crippen molar-refractivity contribution in [1.29, 1.82) is 0 Å². The third kappa shape index (κ3) is 8.20. The van der Waals surface area contributed by atoms with Gasteiger partial charge in [-0.05, 0) is 6.32 Å². The van der Waals surface area contributed by atoms with Crippen LogP contribution < -0.4 is 0 Å². The fourth-order valence-electron chi connectivity index (χ4n) is 0.562. The maximum absolute atomic E-state index is 8.49. The van der Waals surface area contributed by atoms with Gasteiger partial charge in [0.2, 0.25) is 0 Å². The van der Waals surface area contributed by atoms with E-state index in [0.717, 1.165) is 6.04 Å². The van der Waals surface area contributed by atoms with Crippen LogP contribution in [0.3, 0.4) is 0 Å². The normalized spacial score (nSPS) is 11.7. The zero-order chi connectivity index (χ0) is 7.49. The minimum Gasteiger partial charge on any atom is -0.427 e. The maximum atomic E-state index is 8.49. The van der Waals surface area contributed by atoms with E-state index in [1.165, 1.54) is 0 Å². The molecule has 4 heteroatoms. The quantitative estimate of drug-likeness (QED) is 0.578. The third-order valence-corrected chi connectivity index (χ3v) is 2.94. The second kappa shape index (κ2) is 3.39. The van der Waals surface area contributed by atoms with Crippen molar-refractivity contribution in [2.45, 2.75) is 32.0 Å². The smallest absolute Gasteiger partial charge is 0.427 e. The van der Waals surface area contributed by atoms with Gasteiger partial charge in [0.25, 0.3) is 0 Å². The van der Waals surface area contributed by atoms with Crippen molar-refractivity contribution in [2.75, 3.05) is 0 Å². The summed E-state index contributed by atoms with van der Waals surface area (Å²) in [5.41, 5.74) is 0. The molecule has 0 aliphatic heterocycles. The predicted molar refractivity (Wildman–Crippen MR) is 43.2 cm³/mol. The molecule has 0 fully saturated rings. The molecule has 54 valence electrons. The van der Waals surface area contributed by atoms with E-state index in [2.05, 4.69) is 19.6 Å². The molecule has 0 amide bonds. The standard InChI is InChI=1S/C5H15BO2Si/c1-9(2,3)5-4-6(7)8/h7-8H,4-5H2,1-3H3. The van der Waals surface area contributed by atoms with Gasteiger partial charge in [-0.2, -0.15) is 0 Å². The Hall–Kier alpha value is 0.202. The van der Waals surface area contributed by atoms with Crippen LogP contribution in [-0.4, -0.2) is 25.2 Å². The summed E-state index contributed by atoms with van der Waals surface area (Å²) in [6.45, 7) is 6.65. The van der Waals surface area contributed by atoms with Crippen molar-refractivity contribution in [1.82, 2.24) is 0 Å². The van der Waals surface area contributed by atoms with Gasteiger partial charge >= 0.3 is 7.12 Å². The summed E-state index contributed by atoms with van der Waals surface area (Å²) in [5, 5.41) is 17.0. The molecule has 0 aromatic rings. The monoisotopic (exact) mass is 146 g/mol. The van der Waals surface area contributed by atoms with Crippen LogP contribution in [0.25, 0.3) is 0 Å². The Morgan fingerprint density at radius 3 is 1.78 bits per heavy atom. The molecule has 0 unspecified atom stereocenters. The molecule has 0 heterocycles. The van der Waals surface area contributed by atoms with E-state index in [1.807, 2.05) is 0 Å². The minimum absolute atomic E-state index is 0.537. The first-order chi connectivity index (χ1) is 3.92. The van der Waals surface area contributed by atoms with Gasteiger partial charge in [-0.25, -0.2) is 0 Å². The Kier molecular flexibility index (Phi) is 3.47. The van der Waals surface area contributed by atoms with E-state index in [-0.39, 0.29) is 0 Å². The Bertz CT molecular complexity index is 79.5. The van der Waals surface area contributed by atoms with E-state index in [0.29, 0.717) is 6.32 Å². The molecule has 0 bridgehead atoms. The molecular weight excluding hydrogens is 131 g/mol. The summed E-state index contributed by atoms with van der Waals surface area (Å²) < 4.78 is 0. The van der Waals surface area contributed by atoms with Gasteiger partial charge in [0.1, 0.15) is 0 Å².